The van der Waals surface area contributed by atoms with Crippen LogP contribution in [0.5, 0.6) is 5.75 Å². The summed E-state index contributed by atoms with van der Waals surface area (Å²) in [5, 5.41) is 0. The number of nitrogens with zero attached hydrogens (tertiary/aromatic N) is 3. The molecule has 2 aromatic rings. The quantitative estimate of drug-likeness (QED) is 0.702. The van der Waals surface area contributed by atoms with E-state index in [2.05, 4.69) is 41.1 Å². The van der Waals surface area contributed by atoms with Crippen molar-refractivity contribution in [3.8, 4) is 5.75 Å². The molecule has 0 saturated heterocycles. The van der Waals surface area contributed by atoms with Crippen molar-refractivity contribution in [2.24, 2.45) is 0 Å². The molecular weight excluding hydrogens is 354 g/mol. The van der Waals surface area contributed by atoms with Crippen LogP contribution in [0.4, 0.5) is 0 Å². The largest absolute Gasteiger partial charge is 0.491 e. The summed E-state index contributed by atoms with van der Waals surface area (Å²) in [6.07, 6.45) is 4.07. The van der Waals surface area contributed by atoms with Crippen LogP contribution in [0.1, 0.15) is 30.0 Å². The normalized spacial score (nSPS) is 13.8. The van der Waals surface area contributed by atoms with Gasteiger partial charge in [0.1, 0.15) is 12.4 Å². The van der Waals surface area contributed by atoms with Crippen LogP contribution in [0.3, 0.4) is 0 Å². The van der Waals surface area contributed by atoms with Crippen LogP contribution in [0.2, 0.25) is 0 Å². The Labute approximate surface area is 167 Å². The molecule has 1 aromatic carbocycles. The molecule has 0 saturated carbocycles. The fourth-order valence-electron chi connectivity index (χ4n) is 3.39. The average Bonchev–Trinajstić information content (AvgIpc) is 2.94. The molecule has 6 heteroatoms. The summed E-state index contributed by atoms with van der Waals surface area (Å²) >= 11 is 0. The van der Waals surface area contributed by atoms with Gasteiger partial charge in [0.15, 0.2) is 0 Å². The first kappa shape index (κ1) is 20.3. The predicted octanol–water partition coefficient (Wildman–Crippen LogP) is 2.86. The smallest absolute Gasteiger partial charge is 0.225 e. The van der Waals surface area contributed by atoms with Gasteiger partial charge >= 0.3 is 0 Å². The van der Waals surface area contributed by atoms with Crippen molar-refractivity contribution >= 4 is 5.91 Å². The predicted molar refractivity (Wildman–Crippen MR) is 108 cm³/mol. The number of ether oxygens (including phenoxy) is 2. The van der Waals surface area contributed by atoms with Crippen molar-refractivity contribution in [1.29, 1.82) is 0 Å². The molecule has 1 aliphatic heterocycles. The second-order valence-corrected chi connectivity index (χ2v) is 7.01. The summed E-state index contributed by atoms with van der Waals surface area (Å²) in [4.78, 5) is 20.7. The Kier molecular flexibility index (Phi) is 7.39. The highest BCUT2D eigenvalue weighted by atomic mass is 16.5. The number of amides is 1. The Morgan fingerprint density at radius 3 is 2.75 bits per heavy atom. The number of carbonyl (C=O) groups excluding carboxylic acids is 1. The molecule has 150 valence electrons. The maximum atomic E-state index is 12.4. The van der Waals surface area contributed by atoms with Gasteiger partial charge in [0.05, 0.1) is 19.6 Å². The van der Waals surface area contributed by atoms with Crippen LogP contribution < -0.4 is 4.74 Å². The zero-order valence-electron chi connectivity index (χ0n) is 16.8. The molecule has 1 aliphatic rings. The van der Waals surface area contributed by atoms with E-state index in [1.54, 1.807) is 7.11 Å². The van der Waals surface area contributed by atoms with E-state index in [0.29, 0.717) is 32.7 Å². The number of rotatable bonds is 8. The first-order chi connectivity index (χ1) is 13.7. The third-order valence-electron chi connectivity index (χ3n) is 4.99. The minimum atomic E-state index is 0.108. The average molecular weight is 383 g/mol. The summed E-state index contributed by atoms with van der Waals surface area (Å²) in [5.41, 5.74) is 3.55. The number of hydrogen-bond acceptors (Lipinski definition) is 5. The standard InChI is InChI=1S/C22H29N3O3/c1-3-24(15-18-6-9-23-10-7-18)16-19-4-5-21-20(14-19)17-25(11-13-28-21)22(26)8-12-27-2/h4-7,9-10,14H,3,8,11-13,15-17H2,1-2H3. The van der Waals surface area contributed by atoms with Gasteiger partial charge in [0, 0.05) is 44.7 Å². The van der Waals surface area contributed by atoms with E-state index in [4.69, 9.17) is 9.47 Å². The van der Waals surface area contributed by atoms with Gasteiger partial charge in [0.2, 0.25) is 5.91 Å². The highest BCUT2D eigenvalue weighted by Gasteiger charge is 2.20. The highest BCUT2D eigenvalue weighted by Crippen LogP contribution is 2.25. The molecule has 0 unspecified atom stereocenters. The van der Waals surface area contributed by atoms with Gasteiger partial charge in [-0.25, -0.2) is 0 Å². The van der Waals surface area contributed by atoms with E-state index in [0.717, 1.165) is 30.9 Å². The Balaban J connectivity index is 1.69. The molecule has 28 heavy (non-hydrogen) atoms. The Hall–Kier alpha value is -2.44. The SMILES string of the molecule is CCN(Cc1ccncc1)Cc1ccc2c(c1)CN(C(=O)CCOC)CCO2. The minimum absolute atomic E-state index is 0.108. The van der Waals surface area contributed by atoms with Gasteiger partial charge in [-0.1, -0.05) is 13.0 Å². The number of methoxy groups -OCH3 is 1. The third kappa shape index (κ3) is 5.53. The zero-order valence-corrected chi connectivity index (χ0v) is 16.8. The fraction of sp³-hybridized carbons (Fsp3) is 0.455. The monoisotopic (exact) mass is 383 g/mol. The van der Waals surface area contributed by atoms with Crippen LogP contribution in [0.15, 0.2) is 42.7 Å². The second-order valence-electron chi connectivity index (χ2n) is 7.01. The van der Waals surface area contributed by atoms with E-state index in [-0.39, 0.29) is 5.91 Å². The molecule has 3 rings (SSSR count). The van der Waals surface area contributed by atoms with Crippen molar-refractivity contribution in [2.45, 2.75) is 33.0 Å². The number of benzene rings is 1. The zero-order chi connectivity index (χ0) is 19.8. The van der Waals surface area contributed by atoms with E-state index >= 15 is 0 Å². The van der Waals surface area contributed by atoms with Gasteiger partial charge < -0.3 is 14.4 Å². The lowest BCUT2D eigenvalue weighted by atomic mass is 10.1. The van der Waals surface area contributed by atoms with Crippen LogP contribution in [-0.2, 0) is 29.2 Å². The van der Waals surface area contributed by atoms with Crippen molar-refractivity contribution in [2.75, 3.05) is 33.4 Å². The first-order valence-electron chi connectivity index (χ1n) is 9.82. The van der Waals surface area contributed by atoms with E-state index in [1.807, 2.05) is 23.4 Å². The Morgan fingerprint density at radius 1 is 1.21 bits per heavy atom. The van der Waals surface area contributed by atoms with E-state index in [1.165, 1.54) is 11.1 Å². The summed E-state index contributed by atoms with van der Waals surface area (Å²) in [6, 6.07) is 10.4. The highest BCUT2D eigenvalue weighted by molar-refractivity contribution is 5.76. The summed E-state index contributed by atoms with van der Waals surface area (Å²) in [7, 11) is 1.62. The topological polar surface area (TPSA) is 54.9 Å². The van der Waals surface area contributed by atoms with Gasteiger partial charge in [0.25, 0.3) is 0 Å². The molecule has 0 aliphatic carbocycles. The molecule has 1 amide bonds. The van der Waals surface area contributed by atoms with Crippen LogP contribution >= 0.6 is 0 Å². The Morgan fingerprint density at radius 2 is 2.00 bits per heavy atom. The fourth-order valence-corrected chi connectivity index (χ4v) is 3.39. The van der Waals surface area contributed by atoms with Crippen LogP contribution in [0, 0.1) is 0 Å². The molecule has 1 aromatic heterocycles. The molecule has 0 fully saturated rings. The van der Waals surface area contributed by atoms with Crippen molar-refractivity contribution < 1.29 is 14.3 Å². The molecule has 0 atom stereocenters. The van der Waals surface area contributed by atoms with Gasteiger partial charge in [-0.3, -0.25) is 14.7 Å². The number of carbonyl (C=O) groups is 1. The number of fused-ring (bicyclic) bond motifs is 1. The Bertz CT molecular complexity index is 767. The number of pyridine rings is 1. The van der Waals surface area contributed by atoms with Crippen LogP contribution in [-0.4, -0.2) is 54.1 Å². The lowest BCUT2D eigenvalue weighted by Crippen LogP contribution is -2.33. The van der Waals surface area contributed by atoms with Crippen molar-refractivity contribution in [3.05, 3.63) is 59.4 Å². The van der Waals surface area contributed by atoms with Crippen molar-refractivity contribution in [3.63, 3.8) is 0 Å². The van der Waals surface area contributed by atoms with Gasteiger partial charge in [-0.2, -0.15) is 0 Å². The maximum Gasteiger partial charge on any atom is 0.225 e. The van der Waals surface area contributed by atoms with Gasteiger partial charge in [-0.05, 0) is 41.9 Å². The number of aromatic nitrogens is 1. The molecule has 0 spiro atoms. The minimum Gasteiger partial charge on any atom is -0.491 e. The molecule has 0 radical (unpaired) electrons. The molecule has 0 N–H and O–H groups in total. The summed E-state index contributed by atoms with van der Waals surface area (Å²) in [6.45, 7) is 7.02. The third-order valence-corrected chi connectivity index (χ3v) is 4.99. The molecule has 0 bridgehead atoms. The molecule has 2 heterocycles. The number of hydrogen-bond donors (Lipinski definition) is 0. The summed E-state index contributed by atoms with van der Waals surface area (Å²) in [5.74, 6) is 0.986. The lowest BCUT2D eigenvalue weighted by Gasteiger charge is -2.22. The van der Waals surface area contributed by atoms with E-state index in [9.17, 15) is 4.79 Å². The maximum absolute atomic E-state index is 12.4. The second kappa shape index (κ2) is 10.2. The van der Waals surface area contributed by atoms with Crippen LogP contribution in [0.25, 0.3) is 0 Å². The molecular formula is C22H29N3O3. The lowest BCUT2D eigenvalue weighted by molar-refractivity contribution is -0.132. The summed E-state index contributed by atoms with van der Waals surface area (Å²) < 4.78 is 10.9. The molecule has 6 nitrogen and oxygen atoms in total. The first-order valence-corrected chi connectivity index (χ1v) is 9.82. The van der Waals surface area contributed by atoms with E-state index < -0.39 is 0 Å². The van der Waals surface area contributed by atoms with Crippen molar-refractivity contribution in [1.82, 2.24) is 14.8 Å². The van der Waals surface area contributed by atoms with Gasteiger partial charge in [-0.15, -0.1) is 0 Å².